The maximum atomic E-state index is 14.2. The van der Waals surface area contributed by atoms with Crippen LogP contribution in [0.5, 0.6) is 5.88 Å². The number of pyridine rings is 1. The van der Waals surface area contributed by atoms with Gasteiger partial charge in [-0.15, -0.1) is 20.4 Å². The fourth-order valence-electron chi connectivity index (χ4n) is 5.58. The third kappa shape index (κ3) is 5.96. The minimum absolute atomic E-state index is 0.0793. The molecule has 0 amide bonds. The van der Waals surface area contributed by atoms with Crippen LogP contribution in [0.4, 0.5) is 4.39 Å². The first kappa shape index (κ1) is 28.3. The monoisotopic (exact) mass is 614 g/mol. The first-order chi connectivity index (χ1) is 21.5. The van der Waals surface area contributed by atoms with Gasteiger partial charge in [0.25, 0.3) is 0 Å². The van der Waals surface area contributed by atoms with Crippen molar-refractivity contribution in [2.45, 2.75) is 51.0 Å². The summed E-state index contributed by atoms with van der Waals surface area (Å²) in [6.45, 7) is 3.92. The molecular weight excluding hydrogens is 587 g/mol. The zero-order valence-corrected chi connectivity index (χ0v) is 24.4. The number of rotatable bonds is 9. The Bertz CT molecular complexity index is 1840. The summed E-state index contributed by atoms with van der Waals surface area (Å²) in [4.78, 5) is 14.9. The number of halogens is 2. The molecule has 2 saturated heterocycles. The second-order valence-electron chi connectivity index (χ2n) is 11.0. The molecule has 0 spiro atoms. The van der Waals surface area contributed by atoms with Crippen molar-refractivity contribution in [1.82, 2.24) is 44.8 Å². The van der Waals surface area contributed by atoms with E-state index in [1.165, 1.54) is 6.07 Å². The SMILES string of the molecule is N#Cc1nnc(-c2cc3nc(CN4CCC(c5cccc(OCc6ccc(Cl)cc6F)n5)CC4)n(C[C@@H]4CCO4)c3nn2)[nH]1. The number of aromatic amines is 1. The molecule has 2 aliphatic rings. The van der Waals surface area contributed by atoms with Crippen molar-refractivity contribution in [3.05, 3.63) is 76.2 Å². The molecule has 0 saturated carbocycles. The molecule has 44 heavy (non-hydrogen) atoms. The molecule has 7 rings (SSSR count). The summed E-state index contributed by atoms with van der Waals surface area (Å²) >= 11 is 5.86. The Hall–Kier alpha value is -4.51. The lowest BCUT2D eigenvalue weighted by molar-refractivity contribution is -0.0593. The summed E-state index contributed by atoms with van der Waals surface area (Å²) < 4.78 is 27.8. The van der Waals surface area contributed by atoms with Crippen molar-refractivity contribution in [3.8, 4) is 23.5 Å². The van der Waals surface area contributed by atoms with E-state index in [0.717, 1.165) is 50.5 Å². The van der Waals surface area contributed by atoms with Crippen LogP contribution < -0.4 is 4.74 Å². The molecule has 0 bridgehead atoms. The summed E-state index contributed by atoms with van der Waals surface area (Å²) in [5.41, 5.74) is 3.27. The van der Waals surface area contributed by atoms with Crippen molar-refractivity contribution in [2.24, 2.45) is 0 Å². The second-order valence-corrected chi connectivity index (χ2v) is 11.4. The van der Waals surface area contributed by atoms with Crippen molar-refractivity contribution < 1.29 is 13.9 Å². The van der Waals surface area contributed by atoms with Crippen LogP contribution in [0.3, 0.4) is 0 Å². The zero-order chi connectivity index (χ0) is 30.0. The fourth-order valence-corrected chi connectivity index (χ4v) is 5.73. The molecule has 2 fully saturated rings. The number of fused-ring (bicyclic) bond motifs is 1. The molecule has 6 heterocycles. The Kier molecular flexibility index (Phi) is 7.86. The van der Waals surface area contributed by atoms with E-state index in [4.69, 9.17) is 36.3 Å². The van der Waals surface area contributed by atoms with Gasteiger partial charge in [0, 0.05) is 34.9 Å². The number of ether oxygens (including phenoxy) is 2. The molecule has 0 radical (unpaired) electrons. The van der Waals surface area contributed by atoms with Gasteiger partial charge in [0.1, 0.15) is 35.5 Å². The molecule has 5 aromatic rings. The number of hydrogen-bond acceptors (Lipinski definition) is 10. The first-order valence-electron chi connectivity index (χ1n) is 14.5. The van der Waals surface area contributed by atoms with Crippen molar-refractivity contribution in [2.75, 3.05) is 19.7 Å². The maximum absolute atomic E-state index is 14.2. The molecule has 0 unspecified atom stereocenters. The lowest BCUT2D eigenvalue weighted by Gasteiger charge is -2.32. The Balaban J connectivity index is 1.03. The van der Waals surface area contributed by atoms with E-state index in [9.17, 15) is 4.39 Å². The average molecular weight is 615 g/mol. The van der Waals surface area contributed by atoms with Crippen LogP contribution >= 0.6 is 11.6 Å². The lowest BCUT2D eigenvalue weighted by Crippen LogP contribution is -2.35. The predicted molar refractivity (Wildman–Crippen MR) is 157 cm³/mol. The smallest absolute Gasteiger partial charge is 0.232 e. The average Bonchev–Trinajstić information content (AvgIpc) is 3.63. The van der Waals surface area contributed by atoms with Gasteiger partial charge >= 0.3 is 0 Å². The largest absolute Gasteiger partial charge is 0.473 e. The topological polar surface area (TPSA) is 144 Å². The van der Waals surface area contributed by atoms with Gasteiger partial charge in [-0.1, -0.05) is 23.7 Å². The Morgan fingerprint density at radius 2 is 1.93 bits per heavy atom. The summed E-state index contributed by atoms with van der Waals surface area (Å²) in [6.07, 6.45) is 2.99. The number of nitrogens with zero attached hydrogens (tertiary/aromatic N) is 9. The molecule has 0 aliphatic carbocycles. The molecule has 1 atom stereocenters. The van der Waals surface area contributed by atoms with Gasteiger partial charge in [0.05, 0.1) is 19.2 Å². The van der Waals surface area contributed by atoms with Crippen molar-refractivity contribution in [3.63, 3.8) is 0 Å². The standard InChI is InChI=1S/C30H28ClFN10O2/c31-20-5-4-19(22(32)12-20)17-44-28-3-1-2-23(35-28)18-6-9-41(10-7-18)16-27-34-25-13-24(29-36-26(14-33)38-39-29)37-40-30(25)42(27)15-21-8-11-43-21/h1-5,12-13,18,21H,6-11,15-17H2,(H,36,38,39)/t21-/m0/s1. The van der Waals surface area contributed by atoms with E-state index in [1.807, 2.05) is 24.3 Å². The zero-order valence-electron chi connectivity index (χ0n) is 23.7. The minimum atomic E-state index is -0.397. The fraction of sp³-hybridized carbons (Fsp3) is 0.367. The number of nitriles is 1. The van der Waals surface area contributed by atoms with Crippen LogP contribution in [0.25, 0.3) is 22.7 Å². The van der Waals surface area contributed by atoms with Gasteiger partial charge in [0.15, 0.2) is 11.5 Å². The summed E-state index contributed by atoms with van der Waals surface area (Å²) in [6, 6.07) is 14.1. The first-order valence-corrected chi connectivity index (χ1v) is 14.8. The third-order valence-electron chi connectivity index (χ3n) is 8.09. The molecule has 12 nitrogen and oxygen atoms in total. The molecule has 2 aliphatic heterocycles. The Morgan fingerprint density at radius 1 is 1.07 bits per heavy atom. The second kappa shape index (κ2) is 12.2. The van der Waals surface area contributed by atoms with Crippen LogP contribution in [-0.4, -0.2) is 70.6 Å². The van der Waals surface area contributed by atoms with Crippen LogP contribution in [0.2, 0.25) is 5.02 Å². The molecule has 14 heteroatoms. The van der Waals surface area contributed by atoms with Gasteiger partial charge in [-0.25, -0.2) is 14.4 Å². The highest BCUT2D eigenvalue weighted by Crippen LogP contribution is 2.30. The normalized spacial score (nSPS) is 17.4. The van der Waals surface area contributed by atoms with Crippen LogP contribution in [0.1, 0.15) is 48.1 Å². The van der Waals surface area contributed by atoms with Gasteiger partial charge in [-0.3, -0.25) is 4.90 Å². The molecular formula is C30H28ClFN10O2. The van der Waals surface area contributed by atoms with Crippen LogP contribution in [-0.2, 0) is 24.4 Å². The number of H-pyrrole nitrogens is 1. The van der Waals surface area contributed by atoms with E-state index in [0.29, 0.717) is 52.2 Å². The summed E-state index contributed by atoms with van der Waals surface area (Å²) in [5, 5.41) is 26.0. The van der Waals surface area contributed by atoms with E-state index in [1.54, 1.807) is 18.2 Å². The number of aromatic nitrogens is 8. The summed E-state index contributed by atoms with van der Waals surface area (Å²) in [5.74, 6) is 1.75. The van der Waals surface area contributed by atoms with Gasteiger partial charge in [0.2, 0.25) is 11.7 Å². The maximum Gasteiger partial charge on any atom is 0.232 e. The summed E-state index contributed by atoms with van der Waals surface area (Å²) in [7, 11) is 0. The lowest BCUT2D eigenvalue weighted by atomic mass is 9.93. The molecule has 1 aromatic carbocycles. The molecule has 224 valence electrons. The van der Waals surface area contributed by atoms with Gasteiger partial charge in [-0.05, 0) is 56.6 Å². The van der Waals surface area contributed by atoms with Gasteiger partial charge < -0.3 is 19.0 Å². The number of likely N-dealkylation sites (tertiary alicyclic amines) is 1. The van der Waals surface area contributed by atoms with E-state index >= 15 is 0 Å². The quantitative estimate of drug-likeness (QED) is 0.253. The van der Waals surface area contributed by atoms with Gasteiger partial charge in [-0.2, -0.15) is 5.26 Å². The predicted octanol–water partition coefficient (Wildman–Crippen LogP) is 4.42. The highest BCUT2D eigenvalue weighted by Gasteiger charge is 2.27. The third-order valence-corrected chi connectivity index (χ3v) is 8.33. The highest BCUT2D eigenvalue weighted by molar-refractivity contribution is 6.30. The van der Waals surface area contributed by atoms with E-state index < -0.39 is 5.82 Å². The number of piperidine rings is 1. The number of hydrogen-bond donors (Lipinski definition) is 1. The highest BCUT2D eigenvalue weighted by atomic mass is 35.5. The van der Waals surface area contributed by atoms with Crippen LogP contribution in [0.15, 0.2) is 42.5 Å². The molecule has 1 N–H and O–H groups in total. The number of imidazole rings is 1. The number of benzene rings is 1. The van der Waals surface area contributed by atoms with E-state index in [2.05, 4.69) is 34.8 Å². The van der Waals surface area contributed by atoms with Crippen molar-refractivity contribution >= 4 is 22.8 Å². The Labute approximate surface area is 256 Å². The van der Waals surface area contributed by atoms with E-state index in [-0.39, 0.29) is 24.5 Å². The molecule has 4 aromatic heterocycles. The number of nitrogens with one attached hydrogen (secondary N) is 1. The minimum Gasteiger partial charge on any atom is -0.473 e. The van der Waals surface area contributed by atoms with Crippen LogP contribution in [0, 0.1) is 17.1 Å². The van der Waals surface area contributed by atoms with Crippen molar-refractivity contribution in [1.29, 1.82) is 5.26 Å². The Morgan fingerprint density at radius 3 is 2.68 bits per heavy atom.